The van der Waals surface area contributed by atoms with Crippen LogP contribution in [0.4, 0.5) is 0 Å². The Morgan fingerprint density at radius 2 is 1.81 bits per heavy atom. The lowest BCUT2D eigenvalue weighted by Gasteiger charge is -2.30. The number of primary sulfonamides is 1. The van der Waals surface area contributed by atoms with Crippen LogP contribution in [-0.4, -0.2) is 8.42 Å². The summed E-state index contributed by atoms with van der Waals surface area (Å²) in [6.45, 7) is 0. The van der Waals surface area contributed by atoms with Crippen LogP contribution in [0.15, 0.2) is 66.7 Å². The molecule has 0 aromatic heterocycles. The molecular weight excluding hydrogens is 360 g/mol. The van der Waals surface area contributed by atoms with Gasteiger partial charge < -0.3 is 4.74 Å². The summed E-state index contributed by atoms with van der Waals surface area (Å²) in [5.41, 5.74) is 4.44. The van der Waals surface area contributed by atoms with Gasteiger partial charge >= 0.3 is 0 Å². The van der Waals surface area contributed by atoms with Gasteiger partial charge in [0, 0.05) is 11.1 Å². The first-order chi connectivity index (χ1) is 13.0. The fourth-order valence-corrected chi connectivity index (χ4v) is 4.09. The SMILES string of the molecule is N#Cc1cccc2c1-c1ccc(CS(N)(=O)=O)cc1C(c1ccccc1)O2. The minimum Gasteiger partial charge on any atom is -0.480 e. The van der Waals surface area contributed by atoms with Gasteiger partial charge in [-0.2, -0.15) is 5.26 Å². The number of ether oxygens (including phenoxy) is 1. The molecule has 0 radical (unpaired) electrons. The summed E-state index contributed by atoms with van der Waals surface area (Å²) in [5, 5.41) is 14.7. The van der Waals surface area contributed by atoms with Crippen LogP contribution in [0.5, 0.6) is 5.75 Å². The van der Waals surface area contributed by atoms with E-state index in [2.05, 4.69) is 6.07 Å². The van der Waals surface area contributed by atoms with Gasteiger partial charge in [-0.3, -0.25) is 0 Å². The molecular formula is C21H16N2O3S. The van der Waals surface area contributed by atoms with Gasteiger partial charge in [0.2, 0.25) is 10.0 Å². The largest absolute Gasteiger partial charge is 0.480 e. The van der Waals surface area contributed by atoms with Crippen LogP contribution < -0.4 is 9.88 Å². The lowest BCUT2D eigenvalue weighted by Crippen LogP contribution is -2.18. The molecule has 1 heterocycles. The molecule has 0 amide bonds. The van der Waals surface area contributed by atoms with E-state index >= 15 is 0 Å². The second-order valence-corrected chi connectivity index (χ2v) is 8.04. The fourth-order valence-electron chi connectivity index (χ4n) is 3.45. The zero-order valence-corrected chi connectivity index (χ0v) is 15.1. The number of hydrogen-bond donors (Lipinski definition) is 1. The standard InChI is InChI=1S/C21H16N2O3S/c22-12-16-7-4-8-19-20(16)17-10-9-14(13-27(23,24)25)11-18(17)21(26-19)15-5-2-1-3-6-15/h1-11,21H,13H2,(H2,23,24,25). The number of rotatable bonds is 3. The molecule has 3 aromatic carbocycles. The zero-order chi connectivity index (χ0) is 19.0. The van der Waals surface area contributed by atoms with E-state index in [4.69, 9.17) is 9.88 Å². The molecule has 1 unspecified atom stereocenters. The highest BCUT2D eigenvalue weighted by atomic mass is 32.2. The van der Waals surface area contributed by atoms with Crippen molar-refractivity contribution in [3.63, 3.8) is 0 Å². The molecule has 2 N–H and O–H groups in total. The average Bonchev–Trinajstić information content (AvgIpc) is 2.66. The molecule has 134 valence electrons. The van der Waals surface area contributed by atoms with Gasteiger partial charge in [0.15, 0.2) is 0 Å². The van der Waals surface area contributed by atoms with Crippen LogP contribution in [0.3, 0.4) is 0 Å². The number of sulfonamides is 1. The second kappa shape index (κ2) is 6.54. The monoisotopic (exact) mass is 376 g/mol. The highest BCUT2D eigenvalue weighted by Gasteiger charge is 2.29. The van der Waals surface area contributed by atoms with Gasteiger partial charge in [0.25, 0.3) is 0 Å². The molecule has 6 heteroatoms. The third-order valence-corrected chi connectivity index (χ3v) is 5.27. The summed E-state index contributed by atoms with van der Waals surface area (Å²) in [4.78, 5) is 0. The number of fused-ring (bicyclic) bond motifs is 3. The van der Waals surface area contributed by atoms with Crippen LogP contribution in [0.1, 0.15) is 28.4 Å². The first-order valence-electron chi connectivity index (χ1n) is 8.34. The van der Waals surface area contributed by atoms with Gasteiger partial charge in [-0.1, -0.05) is 54.6 Å². The second-order valence-electron chi connectivity index (χ2n) is 6.43. The van der Waals surface area contributed by atoms with Gasteiger partial charge in [-0.25, -0.2) is 13.6 Å². The van der Waals surface area contributed by atoms with Crippen molar-refractivity contribution in [2.45, 2.75) is 11.9 Å². The third-order valence-electron chi connectivity index (χ3n) is 4.53. The molecule has 0 saturated heterocycles. The van der Waals surface area contributed by atoms with Crippen molar-refractivity contribution >= 4 is 10.0 Å². The van der Waals surface area contributed by atoms with E-state index in [9.17, 15) is 13.7 Å². The maximum atomic E-state index is 11.5. The van der Waals surface area contributed by atoms with E-state index in [1.165, 1.54) is 0 Å². The molecule has 0 bridgehead atoms. The summed E-state index contributed by atoms with van der Waals surface area (Å²) >= 11 is 0. The molecule has 0 aliphatic carbocycles. The van der Waals surface area contributed by atoms with Gasteiger partial charge in [-0.05, 0) is 28.8 Å². The minimum absolute atomic E-state index is 0.255. The lowest BCUT2D eigenvalue weighted by molar-refractivity contribution is 0.243. The maximum Gasteiger partial charge on any atom is 0.213 e. The summed E-state index contributed by atoms with van der Waals surface area (Å²) in [5.74, 6) is 0.378. The molecule has 27 heavy (non-hydrogen) atoms. The predicted octanol–water partition coefficient (Wildman–Crippen LogP) is 3.50. The Morgan fingerprint density at radius 1 is 1.04 bits per heavy atom. The fraction of sp³-hybridized carbons (Fsp3) is 0.0952. The Balaban J connectivity index is 1.95. The van der Waals surface area contributed by atoms with Gasteiger partial charge in [0.05, 0.1) is 17.4 Å². The normalized spacial score (nSPS) is 15.2. The van der Waals surface area contributed by atoms with E-state index in [0.717, 1.165) is 22.3 Å². The van der Waals surface area contributed by atoms with Crippen LogP contribution in [-0.2, 0) is 15.8 Å². The van der Waals surface area contributed by atoms with E-state index in [0.29, 0.717) is 16.9 Å². The molecule has 3 aromatic rings. The van der Waals surface area contributed by atoms with Crippen LogP contribution in [0.25, 0.3) is 11.1 Å². The minimum atomic E-state index is -3.65. The molecule has 1 atom stereocenters. The highest BCUT2D eigenvalue weighted by molar-refractivity contribution is 7.88. The van der Waals surface area contributed by atoms with Crippen LogP contribution >= 0.6 is 0 Å². The van der Waals surface area contributed by atoms with Crippen LogP contribution in [0, 0.1) is 11.3 Å². The molecule has 1 aliphatic rings. The van der Waals surface area contributed by atoms with E-state index in [1.54, 1.807) is 24.3 Å². The van der Waals surface area contributed by atoms with E-state index < -0.39 is 16.1 Å². The Morgan fingerprint density at radius 3 is 2.52 bits per heavy atom. The van der Waals surface area contributed by atoms with Crippen molar-refractivity contribution in [2.75, 3.05) is 0 Å². The smallest absolute Gasteiger partial charge is 0.213 e. The summed E-state index contributed by atoms with van der Waals surface area (Å²) in [6.07, 6.45) is -0.400. The first kappa shape index (κ1) is 17.3. The quantitative estimate of drug-likeness (QED) is 0.757. The topological polar surface area (TPSA) is 93.2 Å². The predicted molar refractivity (Wildman–Crippen MR) is 102 cm³/mol. The van der Waals surface area contributed by atoms with Crippen molar-refractivity contribution in [3.8, 4) is 22.9 Å². The Labute approximate surface area is 157 Å². The molecule has 0 saturated carbocycles. The van der Waals surface area contributed by atoms with Crippen molar-refractivity contribution < 1.29 is 13.2 Å². The molecule has 0 fully saturated rings. The van der Waals surface area contributed by atoms with Crippen molar-refractivity contribution in [2.24, 2.45) is 5.14 Å². The number of benzene rings is 3. The summed E-state index contributed by atoms with van der Waals surface area (Å²) < 4.78 is 29.3. The van der Waals surface area contributed by atoms with E-state index in [-0.39, 0.29) is 5.75 Å². The molecule has 0 spiro atoms. The van der Waals surface area contributed by atoms with E-state index in [1.807, 2.05) is 42.5 Å². The molecule has 5 nitrogen and oxygen atoms in total. The Bertz CT molecular complexity index is 1170. The van der Waals surface area contributed by atoms with Gasteiger partial charge in [-0.15, -0.1) is 0 Å². The summed E-state index contributed by atoms with van der Waals surface area (Å²) in [7, 11) is -3.65. The highest BCUT2D eigenvalue weighted by Crippen LogP contribution is 2.46. The number of nitrogens with zero attached hydrogens (tertiary/aromatic N) is 1. The third kappa shape index (κ3) is 3.31. The number of nitrogens with two attached hydrogens (primary N) is 1. The Hall–Kier alpha value is -3.14. The molecule has 1 aliphatic heterocycles. The zero-order valence-electron chi connectivity index (χ0n) is 14.3. The lowest BCUT2D eigenvalue weighted by atomic mass is 9.86. The molecule has 4 rings (SSSR count). The van der Waals surface area contributed by atoms with Crippen molar-refractivity contribution in [1.29, 1.82) is 5.26 Å². The van der Waals surface area contributed by atoms with Crippen molar-refractivity contribution in [3.05, 3.63) is 89.0 Å². The Kier molecular flexibility index (Phi) is 4.19. The van der Waals surface area contributed by atoms with Crippen LogP contribution in [0.2, 0.25) is 0 Å². The van der Waals surface area contributed by atoms with Gasteiger partial charge in [0.1, 0.15) is 11.9 Å². The number of hydrogen-bond acceptors (Lipinski definition) is 4. The number of nitriles is 1. The van der Waals surface area contributed by atoms with Crippen molar-refractivity contribution in [1.82, 2.24) is 0 Å². The first-order valence-corrected chi connectivity index (χ1v) is 10.1. The average molecular weight is 376 g/mol. The summed E-state index contributed by atoms with van der Waals surface area (Å²) in [6, 6.07) is 22.6. The maximum absolute atomic E-state index is 11.5.